The molecule has 2 aromatic carbocycles. The van der Waals surface area contributed by atoms with Crippen molar-refractivity contribution in [2.24, 2.45) is 0 Å². The van der Waals surface area contributed by atoms with Crippen molar-refractivity contribution in [3.8, 4) is 0 Å². The molecule has 4 heterocycles. The second-order valence-electron chi connectivity index (χ2n) is 14.5. The smallest absolute Gasteiger partial charge is 0.407 e. The van der Waals surface area contributed by atoms with Crippen LogP contribution in [-0.2, 0) is 32.1 Å². The number of rotatable bonds is 10. The molecule has 3 aliphatic heterocycles. The molecule has 0 spiro atoms. The normalized spacial score (nSPS) is 21.9. The highest BCUT2D eigenvalue weighted by molar-refractivity contribution is 6.23. The molecule has 3 atom stereocenters. The van der Waals surface area contributed by atoms with E-state index in [0.29, 0.717) is 12.2 Å². The van der Waals surface area contributed by atoms with Crippen LogP contribution in [-0.4, -0.2) is 100.0 Å². The van der Waals surface area contributed by atoms with E-state index in [-0.39, 0.29) is 54.4 Å². The van der Waals surface area contributed by atoms with Gasteiger partial charge in [0.2, 0.25) is 17.7 Å². The zero-order chi connectivity index (χ0) is 37.2. The molecular formula is C38H44N8O7. The molecule has 0 bridgehead atoms. The number of nitrogens with one attached hydrogen (secondary N) is 4. The number of aromatic amines is 1. The van der Waals surface area contributed by atoms with E-state index >= 15 is 0 Å². The van der Waals surface area contributed by atoms with Crippen LogP contribution in [0.3, 0.4) is 0 Å². The number of hydrogen-bond acceptors (Lipinski definition) is 10. The van der Waals surface area contributed by atoms with Crippen LogP contribution in [0.2, 0.25) is 0 Å². The molecule has 4 N–H and O–H groups in total. The van der Waals surface area contributed by atoms with E-state index in [9.17, 15) is 28.8 Å². The summed E-state index contributed by atoms with van der Waals surface area (Å²) in [5, 5.41) is 15.2. The molecule has 3 aromatic rings. The Balaban J connectivity index is 0.856. The predicted molar refractivity (Wildman–Crippen MR) is 193 cm³/mol. The van der Waals surface area contributed by atoms with Crippen LogP contribution in [0.25, 0.3) is 0 Å². The zero-order valence-corrected chi connectivity index (χ0v) is 29.9. The third-order valence-corrected chi connectivity index (χ3v) is 10.3. The van der Waals surface area contributed by atoms with Gasteiger partial charge in [0.15, 0.2) is 5.82 Å². The first-order valence-electron chi connectivity index (χ1n) is 18.2. The van der Waals surface area contributed by atoms with Gasteiger partial charge in [-0.1, -0.05) is 24.3 Å². The third kappa shape index (κ3) is 8.09. The van der Waals surface area contributed by atoms with Crippen LogP contribution < -0.4 is 20.9 Å². The Morgan fingerprint density at radius 3 is 2.38 bits per heavy atom. The first-order chi connectivity index (χ1) is 25.5. The van der Waals surface area contributed by atoms with E-state index in [1.807, 2.05) is 50.2 Å². The highest BCUT2D eigenvalue weighted by atomic mass is 16.6. The minimum Gasteiger partial charge on any atom is -0.446 e. The number of piperazine rings is 1. The van der Waals surface area contributed by atoms with Crippen molar-refractivity contribution in [1.82, 2.24) is 30.6 Å². The molecule has 2 saturated heterocycles. The number of H-pyrrole nitrogens is 1. The van der Waals surface area contributed by atoms with Gasteiger partial charge in [0, 0.05) is 68.6 Å². The lowest BCUT2D eigenvalue weighted by molar-refractivity contribution is -0.136. The molecule has 6 amide bonds. The second kappa shape index (κ2) is 15.2. The molecule has 1 aromatic heterocycles. The van der Waals surface area contributed by atoms with Crippen LogP contribution >= 0.6 is 0 Å². The van der Waals surface area contributed by atoms with Crippen molar-refractivity contribution in [1.29, 1.82) is 0 Å². The summed E-state index contributed by atoms with van der Waals surface area (Å²) in [5.41, 5.74) is 4.33. The number of aromatic nitrogens is 2. The highest BCUT2D eigenvalue weighted by Crippen LogP contribution is 2.36. The SMILES string of the molecule is CC(C)NC(=O)O[C@H]1CCC(c2cc(NC(=O)Cc3ccc(CN4CCN(c5ccc6c(c5)C(=O)N(C5CCC(=O)NC5=O)C6=O)CC4)cc3)n[nH]2)C1. The van der Waals surface area contributed by atoms with E-state index in [1.165, 1.54) is 0 Å². The largest absolute Gasteiger partial charge is 0.446 e. The van der Waals surface area contributed by atoms with Gasteiger partial charge in [-0.3, -0.25) is 44.2 Å². The lowest BCUT2D eigenvalue weighted by Gasteiger charge is -2.36. The maximum atomic E-state index is 13.3. The number of benzene rings is 2. The average Bonchev–Trinajstić information content (AvgIpc) is 3.84. The number of amides is 6. The Kier molecular flexibility index (Phi) is 10.3. The quantitative estimate of drug-likeness (QED) is 0.227. The van der Waals surface area contributed by atoms with Crippen molar-refractivity contribution in [2.75, 3.05) is 36.4 Å². The average molecular weight is 725 g/mol. The summed E-state index contributed by atoms with van der Waals surface area (Å²) in [6.45, 7) is 7.59. The standard InChI is InChI=1S/C38H44N8O7/c1-22(2)39-38(52)53-27-9-7-25(18-27)30-20-32(43-42-30)40-34(48)17-23-3-5-24(6-4-23)21-44-13-15-45(16-14-44)26-8-10-28-29(19-26)37(51)46(36(28)50)31-11-12-33(47)41-35(31)49/h3-6,8,10,19-20,22,25,27,31H,7,9,11-18,21H2,1-2H3,(H,39,52)(H,41,47,49)(H2,40,42,43,48)/t25?,27-,31?/m0/s1. The molecule has 3 fully saturated rings. The van der Waals surface area contributed by atoms with Crippen LogP contribution in [0.15, 0.2) is 48.5 Å². The first kappa shape index (κ1) is 35.8. The molecule has 4 aliphatic rings. The number of nitrogens with zero attached hydrogens (tertiary/aromatic N) is 4. The van der Waals surface area contributed by atoms with Crippen LogP contribution in [0.1, 0.15) is 89.4 Å². The summed E-state index contributed by atoms with van der Waals surface area (Å²) in [4.78, 5) is 80.6. The van der Waals surface area contributed by atoms with Crippen molar-refractivity contribution < 1.29 is 33.5 Å². The fraction of sp³-hybridized carbons (Fsp3) is 0.447. The van der Waals surface area contributed by atoms with Crippen molar-refractivity contribution in [3.63, 3.8) is 0 Å². The van der Waals surface area contributed by atoms with Crippen molar-refractivity contribution >= 4 is 47.1 Å². The van der Waals surface area contributed by atoms with E-state index in [0.717, 1.165) is 73.0 Å². The Hall–Kier alpha value is -5.57. The Bertz CT molecular complexity index is 1920. The molecule has 15 heteroatoms. The summed E-state index contributed by atoms with van der Waals surface area (Å²) in [6, 6.07) is 14.1. The van der Waals surface area contributed by atoms with Gasteiger partial charge >= 0.3 is 6.09 Å². The molecule has 1 aliphatic carbocycles. The van der Waals surface area contributed by atoms with Crippen LogP contribution in [0.5, 0.6) is 0 Å². The molecule has 278 valence electrons. The van der Waals surface area contributed by atoms with E-state index in [1.54, 1.807) is 12.1 Å². The van der Waals surface area contributed by atoms with Gasteiger partial charge in [-0.2, -0.15) is 5.10 Å². The number of piperidine rings is 1. The van der Waals surface area contributed by atoms with Crippen LogP contribution in [0, 0.1) is 0 Å². The molecule has 0 radical (unpaired) electrons. The predicted octanol–water partition coefficient (Wildman–Crippen LogP) is 3.09. The summed E-state index contributed by atoms with van der Waals surface area (Å²) in [6.07, 6.45) is 2.23. The van der Waals surface area contributed by atoms with E-state index < -0.39 is 35.8 Å². The number of anilines is 2. The molecule has 53 heavy (non-hydrogen) atoms. The van der Waals surface area contributed by atoms with E-state index in [2.05, 4.69) is 35.9 Å². The molecule has 2 unspecified atom stereocenters. The maximum absolute atomic E-state index is 13.3. The minimum atomic E-state index is -0.987. The topological polar surface area (TPSA) is 186 Å². The van der Waals surface area contributed by atoms with Gasteiger partial charge in [0.25, 0.3) is 11.8 Å². The summed E-state index contributed by atoms with van der Waals surface area (Å²) in [7, 11) is 0. The van der Waals surface area contributed by atoms with E-state index in [4.69, 9.17) is 4.74 Å². The lowest BCUT2D eigenvalue weighted by Crippen LogP contribution is -2.54. The number of hydrogen-bond donors (Lipinski definition) is 4. The highest BCUT2D eigenvalue weighted by Gasteiger charge is 2.45. The Labute approximate surface area is 306 Å². The van der Waals surface area contributed by atoms with Gasteiger partial charge < -0.3 is 20.3 Å². The molecule has 15 nitrogen and oxygen atoms in total. The van der Waals surface area contributed by atoms with Crippen LogP contribution in [0.4, 0.5) is 16.3 Å². The molecule has 7 rings (SSSR count). The van der Waals surface area contributed by atoms with Crippen molar-refractivity contribution in [3.05, 3.63) is 76.5 Å². The summed E-state index contributed by atoms with van der Waals surface area (Å²) < 4.78 is 5.53. The van der Waals surface area contributed by atoms with Gasteiger partial charge in [0.1, 0.15) is 12.1 Å². The third-order valence-electron chi connectivity index (χ3n) is 10.3. The molecular weight excluding hydrogens is 680 g/mol. The molecule has 1 saturated carbocycles. The maximum Gasteiger partial charge on any atom is 0.407 e. The fourth-order valence-electron chi connectivity index (χ4n) is 7.57. The van der Waals surface area contributed by atoms with Gasteiger partial charge in [-0.05, 0) is 68.9 Å². The summed E-state index contributed by atoms with van der Waals surface area (Å²) >= 11 is 0. The monoisotopic (exact) mass is 724 g/mol. The van der Waals surface area contributed by atoms with Gasteiger partial charge in [0.05, 0.1) is 17.5 Å². The number of carbonyl (C=O) groups excluding carboxylic acids is 6. The fourth-order valence-corrected chi connectivity index (χ4v) is 7.57. The second-order valence-corrected chi connectivity index (χ2v) is 14.5. The number of carbonyl (C=O) groups is 6. The first-order valence-corrected chi connectivity index (χ1v) is 18.2. The summed E-state index contributed by atoms with van der Waals surface area (Å²) in [5.74, 6) is -1.56. The Morgan fingerprint density at radius 2 is 1.64 bits per heavy atom. The number of imide groups is 2. The zero-order valence-electron chi connectivity index (χ0n) is 29.9. The van der Waals surface area contributed by atoms with Crippen molar-refractivity contribution in [2.45, 2.75) is 83.0 Å². The number of ether oxygens (including phenoxy) is 1. The Morgan fingerprint density at radius 1 is 0.906 bits per heavy atom. The number of alkyl carbamates (subject to hydrolysis) is 1. The minimum absolute atomic E-state index is 0.0193. The number of fused-ring (bicyclic) bond motifs is 1. The van der Waals surface area contributed by atoms with Gasteiger partial charge in [-0.15, -0.1) is 0 Å². The van der Waals surface area contributed by atoms with Gasteiger partial charge in [-0.25, -0.2) is 4.79 Å². The lowest BCUT2D eigenvalue weighted by atomic mass is 10.0.